The van der Waals surface area contributed by atoms with Crippen LogP contribution in [0.2, 0.25) is 5.02 Å². The highest BCUT2D eigenvalue weighted by Gasteiger charge is 2.22. The molecule has 0 heterocycles. The minimum atomic E-state index is -0.683. The number of amides is 2. The van der Waals surface area contributed by atoms with E-state index in [1.165, 1.54) is 12.8 Å². The number of benzene rings is 1. The predicted molar refractivity (Wildman–Crippen MR) is 82.9 cm³/mol. The van der Waals surface area contributed by atoms with Gasteiger partial charge in [0.15, 0.2) is 0 Å². The molecule has 1 aliphatic rings. The van der Waals surface area contributed by atoms with Crippen molar-refractivity contribution in [1.82, 2.24) is 5.32 Å². The van der Waals surface area contributed by atoms with Gasteiger partial charge in [0.05, 0.1) is 0 Å². The van der Waals surface area contributed by atoms with E-state index in [1.807, 2.05) is 12.1 Å². The van der Waals surface area contributed by atoms with Gasteiger partial charge in [-0.1, -0.05) is 36.6 Å². The Hall–Kier alpha value is -1.55. The second kappa shape index (κ2) is 7.46. The van der Waals surface area contributed by atoms with Gasteiger partial charge in [-0.2, -0.15) is 0 Å². The summed E-state index contributed by atoms with van der Waals surface area (Å²) in [7, 11) is 0. The summed E-state index contributed by atoms with van der Waals surface area (Å²) in [5.74, 6) is -0.160. The lowest BCUT2D eigenvalue weighted by molar-refractivity contribution is -0.127. The molecule has 0 bridgehead atoms. The average molecular weight is 309 g/mol. The summed E-state index contributed by atoms with van der Waals surface area (Å²) in [5, 5.41) is 3.36. The standard InChI is InChI=1S/C16H21ClN2O2/c17-13-7-3-6-12(8-13)9-14(16(18)21)19-15(20)10-11-4-1-2-5-11/h3,6-8,11,14H,1-2,4-5,9-10H2,(H2,18,21)(H,19,20)/t14-/m0/s1. The van der Waals surface area contributed by atoms with E-state index < -0.39 is 11.9 Å². The van der Waals surface area contributed by atoms with Crippen molar-refractivity contribution in [2.24, 2.45) is 11.7 Å². The number of carbonyl (C=O) groups is 2. The third kappa shape index (κ3) is 5.05. The Bertz CT molecular complexity index is 513. The van der Waals surface area contributed by atoms with E-state index in [4.69, 9.17) is 17.3 Å². The SMILES string of the molecule is NC(=O)[C@H](Cc1cccc(Cl)c1)NC(=O)CC1CCCC1. The minimum absolute atomic E-state index is 0.0901. The molecule has 0 spiro atoms. The van der Waals surface area contributed by atoms with E-state index in [2.05, 4.69) is 5.32 Å². The molecule has 0 radical (unpaired) electrons. The first-order chi connectivity index (χ1) is 10.0. The predicted octanol–water partition coefficient (Wildman–Crippen LogP) is 2.43. The van der Waals surface area contributed by atoms with Crippen LogP contribution in [0.3, 0.4) is 0 Å². The number of nitrogens with one attached hydrogen (secondary N) is 1. The van der Waals surface area contributed by atoms with Gasteiger partial charge in [0, 0.05) is 17.9 Å². The fraction of sp³-hybridized carbons (Fsp3) is 0.500. The molecule has 1 aromatic carbocycles. The smallest absolute Gasteiger partial charge is 0.240 e. The lowest BCUT2D eigenvalue weighted by atomic mass is 10.0. The van der Waals surface area contributed by atoms with Crippen molar-refractivity contribution in [3.63, 3.8) is 0 Å². The van der Waals surface area contributed by atoms with Crippen molar-refractivity contribution >= 4 is 23.4 Å². The molecule has 2 rings (SSSR count). The molecule has 5 heteroatoms. The van der Waals surface area contributed by atoms with Crippen molar-refractivity contribution in [2.75, 3.05) is 0 Å². The van der Waals surface area contributed by atoms with Crippen LogP contribution in [-0.2, 0) is 16.0 Å². The van der Waals surface area contributed by atoms with Crippen molar-refractivity contribution in [3.05, 3.63) is 34.9 Å². The Kier molecular flexibility index (Phi) is 5.62. The molecule has 1 atom stereocenters. The van der Waals surface area contributed by atoms with Crippen LogP contribution < -0.4 is 11.1 Å². The molecular formula is C16H21ClN2O2. The number of halogens is 1. The van der Waals surface area contributed by atoms with Gasteiger partial charge < -0.3 is 11.1 Å². The highest BCUT2D eigenvalue weighted by molar-refractivity contribution is 6.30. The molecule has 0 saturated heterocycles. The second-order valence-corrected chi connectivity index (χ2v) is 6.15. The molecule has 1 fully saturated rings. The van der Waals surface area contributed by atoms with Crippen molar-refractivity contribution < 1.29 is 9.59 Å². The largest absolute Gasteiger partial charge is 0.368 e. The molecule has 1 aliphatic carbocycles. The van der Waals surface area contributed by atoms with Gasteiger partial charge in [0.2, 0.25) is 11.8 Å². The third-order valence-corrected chi connectivity index (χ3v) is 4.19. The van der Waals surface area contributed by atoms with Gasteiger partial charge in [0.25, 0.3) is 0 Å². The lowest BCUT2D eigenvalue weighted by Gasteiger charge is -2.17. The summed E-state index contributed by atoms with van der Waals surface area (Å²) < 4.78 is 0. The van der Waals surface area contributed by atoms with Crippen LogP contribution >= 0.6 is 11.6 Å². The van der Waals surface area contributed by atoms with E-state index in [9.17, 15) is 9.59 Å². The number of rotatable bonds is 6. The van der Waals surface area contributed by atoms with Crippen molar-refractivity contribution in [3.8, 4) is 0 Å². The van der Waals surface area contributed by atoms with E-state index in [0.29, 0.717) is 23.8 Å². The van der Waals surface area contributed by atoms with Crippen molar-refractivity contribution in [1.29, 1.82) is 0 Å². The normalized spacial score (nSPS) is 16.6. The zero-order chi connectivity index (χ0) is 15.2. The number of primary amides is 1. The fourth-order valence-corrected chi connectivity index (χ4v) is 3.07. The molecule has 114 valence electrons. The van der Waals surface area contributed by atoms with Crippen molar-refractivity contribution in [2.45, 2.75) is 44.6 Å². The number of carbonyl (C=O) groups excluding carboxylic acids is 2. The zero-order valence-corrected chi connectivity index (χ0v) is 12.7. The maximum Gasteiger partial charge on any atom is 0.240 e. The topological polar surface area (TPSA) is 72.2 Å². The Balaban J connectivity index is 1.92. The van der Waals surface area contributed by atoms with E-state index >= 15 is 0 Å². The summed E-state index contributed by atoms with van der Waals surface area (Å²) in [6, 6.07) is 6.54. The Morgan fingerprint density at radius 1 is 1.33 bits per heavy atom. The van der Waals surface area contributed by atoms with Crippen LogP contribution in [0.25, 0.3) is 0 Å². The van der Waals surface area contributed by atoms with Crippen LogP contribution in [0.4, 0.5) is 0 Å². The van der Waals surface area contributed by atoms with Crippen LogP contribution in [0.1, 0.15) is 37.7 Å². The van der Waals surface area contributed by atoms with Crippen LogP contribution in [0.15, 0.2) is 24.3 Å². The maximum atomic E-state index is 12.0. The summed E-state index contributed by atoms with van der Waals surface area (Å²) in [6.45, 7) is 0. The molecule has 3 N–H and O–H groups in total. The minimum Gasteiger partial charge on any atom is -0.368 e. The van der Waals surface area contributed by atoms with Gasteiger partial charge in [0.1, 0.15) is 6.04 Å². The Labute approximate surface area is 130 Å². The molecule has 4 nitrogen and oxygen atoms in total. The summed E-state index contributed by atoms with van der Waals surface area (Å²) in [6.07, 6.45) is 5.44. The molecular weight excluding hydrogens is 288 g/mol. The zero-order valence-electron chi connectivity index (χ0n) is 12.0. The molecule has 1 saturated carbocycles. The monoisotopic (exact) mass is 308 g/mol. The summed E-state index contributed by atoms with van der Waals surface area (Å²) >= 11 is 5.92. The quantitative estimate of drug-likeness (QED) is 0.847. The molecule has 0 aromatic heterocycles. The van der Waals surface area contributed by atoms with Gasteiger partial charge in [-0.3, -0.25) is 9.59 Å². The first-order valence-corrected chi connectivity index (χ1v) is 7.75. The number of nitrogens with two attached hydrogens (primary N) is 1. The highest BCUT2D eigenvalue weighted by Crippen LogP contribution is 2.27. The number of hydrogen-bond acceptors (Lipinski definition) is 2. The van der Waals surface area contributed by atoms with Crippen LogP contribution in [0.5, 0.6) is 0 Å². The first-order valence-electron chi connectivity index (χ1n) is 7.37. The van der Waals surface area contributed by atoms with Crippen LogP contribution in [-0.4, -0.2) is 17.9 Å². The molecule has 0 aliphatic heterocycles. The van der Waals surface area contributed by atoms with Crippen LogP contribution in [0, 0.1) is 5.92 Å². The highest BCUT2D eigenvalue weighted by atomic mass is 35.5. The Morgan fingerprint density at radius 2 is 2.05 bits per heavy atom. The Morgan fingerprint density at radius 3 is 2.67 bits per heavy atom. The molecule has 2 amide bonds. The molecule has 21 heavy (non-hydrogen) atoms. The number of hydrogen-bond donors (Lipinski definition) is 2. The van der Waals surface area contributed by atoms with Gasteiger partial charge in [-0.15, -0.1) is 0 Å². The first kappa shape index (κ1) is 15.8. The van der Waals surface area contributed by atoms with Gasteiger partial charge >= 0.3 is 0 Å². The molecule has 1 aromatic rings. The second-order valence-electron chi connectivity index (χ2n) is 5.71. The van der Waals surface area contributed by atoms with E-state index in [1.54, 1.807) is 12.1 Å². The fourth-order valence-electron chi connectivity index (χ4n) is 2.85. The van der Waals surface area contributed by atoms with E-state index in [-0.39, 0.29) is 5.91 Å². The summed E-state index contributed by atoms with van der Waals surface area (Å²) in [5.41, 5.74) is 6.27. The maximum absolute atomic E-state index is 12.0. The van der Waals surface area contributed by atoms with Gasteiger partial charge in [-0.05, 0) is 36.5 Å². The summed E-state index contributed by atoms with van der Waals surface area (Å²) in [4.78, 5) is 23.6. The van der Waals surface area contributed by atoms with E-state index in [0.717, 1.165) is 18.4 Å². The lowest BCUT2D eigenvalue weighted by Crippen LogP contribution is -2.46. The van der Waals surface area contributed by atoms with Gasteiger partial charge in [-0.25, -0.2) is 0 Å². The third-order valence-electron chi connectivity index (χ3n) is 3.96. The molecule has 0 unspecified atom stereocenters. The average Bonchev–Trinajstić information content (AvgIpc) is 2.90.